The summed E-state index contributed by atoms with van der Waals surface area (Å²) in [5.74, 6) is -1.36. The molecule has 5 nitrogen and oxygen atoms in total. The Morgan fingerprint density at radius 1 is 1.20 bits per heavy atom. The number of carbonyl (C=O) groups is 2. The molecule has 0 spiro atoms. The number of carbonyl (C=O) groups excluding carboxylic acids is 2. The Morgan fingerprint density at radius 3 is 2.64 bits per heavy atom. The van der Waals surface area contributed by atoms with Gasteiger partial charge in [0.15, 0.2) is 5.17 Å². The predicted molar refractivity (Wildman–Crippen MR) is 97.3 cm³/mol. The molecule has 2 aromatic carbocycles. The van der Waals surface area contributed by atoms with E-state index in [1.165, 1.54) is 23.9 Å². The highest BCUT2D eigenvalue weighted by molar-refractivity contribution is 8.18. The van der Waals surface area contributed by atoms with Crippen LogP contribution >= 0.6 is 11.8 Å². The van der Waals surface area contributed by atoms with Gasteiger partial charge in [-0.2, -0.15) is 0 Å². The molecule has 1 aliphatic rings. The molecule has 1 amide bonds. The number of amides is 1. The summed E-state index contributed by atoms with van der Waals surface area (Å²) in [7, 11) is 0. The van der Waals surface area contributed by atoms with Crippen LogP contribution in [0.15, 0.2) is 64.5 Å². The van der Waals surface area contributed by atoms with Crippen molar-refractivity contribution in [3.8, 4) is 0 Å². The summed E-state index contributed by atoms with van der Waals surface area (Å²) in [6.45, 7) is 2.36. The molecule has 1 aliphatic heterocycles. The van der Waals surface area contributed by atoms with Crippen molar-refractivity contribution in [3.63, 3.8) is 0 Å². The minimum Gasteiger partial charge on any atom is -0.545 e. The molecule has 25 heavy (non-hydrogen) atoms. The summed E-state index contributed by atoms with van der Waals surface area (Å²) >= 11 is 1.28. The molecule has 0 N–H and O–H groups in total. The number of amidine groups is 1. The van der Waals surface area contributed by atoms with E-state index >= 15 is 0 Å². The highest BCUT2D eigenvalue weighted by Crippen LogP contribution is 2.34. The van der Waals surface area contributed by atoms with Crippen LogP contribution in [0.2, 0.25) is 0 Å². The summed E-state index contributed by atoms with van der Waals surface area (Å²) in [5, 5.41) is 11.5. The highest BCUT2D eigenvalue weighted by atomic mass is 32.2. The van der Waals surface area contributed by atoms with Gasteiger partial charge in [-0.05, 0) is 48.0 Å². The van der Waals surface area contributed by atoms with Crippen molar-refractivity contribution in [2.45, 2.75) is 6.92 Å². The Labute approximate surface area is 149 Å². The number of hydrogen-bond acceptors (Lipinski definition) is 5. The maximum atomic E-state index is 12.6. The molecule has 0 aromatic heterocycles. The third-order valence-corrected chi connectivity index (χ3v) is 4.61. The van der Waals surface area contributed by atoms with E-state index in [9.17, 15) is 14.7 Å². The molecule has 0 saturated carbocycles. The zero-order chi connectivity index (χ0) is 17.8. The van der Waals surface area contributed by atoms with Crippen LogP contribution in [0.5, 0.6) is 0 Å². The number of rotatable bonds is 4. The number of aromatic carboxylic acids is 1. The topological polar surface area (TPSA) is 72.8 Å². The van der Waals surface area contributed by atoms with Crippen LogP contribution in [-0.2, 0) is 4.79 Å². The van der Waals surface area contributed by atoms with Crippen molar-refractivity contribution in [1.29, 1.82) is 0 Å². The van der Waals surface area contributed by atoms with Crippen molar-refractivity contribution >= 4 is 40.6 Å². The van der Waals surface area contributed by atoms with Crippen LogP contribution in [0.25, 0.3) is 6.08 Å². The molecule has 1 saturated heterocycles. The zero-order valence-corrected chi connectivity index (χ0v) is 14.3. The number of thioether (sulfide) groups is 1. The van der Waals surface area contributed by atoms with Crippen molar-refractivity contribution in [2.75, 3.05) is 6.54 Å². The lowest BCUT2D eigenvalue weighted by Crippen LogP contribution is -2.28. The first kappa shape index (κ1) is 17.0. The van der Waals surface area contributed by atoms with E-state index in [1.807, 2.05) is 43.3 Å². The number of aliphatic imine (C=N–C) groups is 1. The van der Waals surface area contributed by atoms with Gasteiger partial charge in [-0.1, -0.05) is 42.5 Å². The molecule has 6 heteroatoms. The quantitative estimate of drug-likeness (QED) is 0.794. The van der Waals surface area contributed by atoms with Gasteiger partial charge in [0.25, 0.3) is 5.91 Å². The number of likely N-dealkylation sites (N-methyl/N-ethyl adjacent to an activating group) is 1. The first-order chi connectivity index (χ1) is 12.1. The molecule has 1 heterocycles. The van der Waals surface area contributed by atoms with E-state index in [4.69, 9.17) is 0 Å². The van der Waals surface area contributed by atoms with E-state index < -0.39 is 5.97 Å². The smallest absolute Gasteiger partial charge is 0.266 e. The van der Waals surface area contributed by atoms with E-state index in [2.05, 4.69) is 4.99 Å². The SMILES string of the molecule is CCN1C(=O)/C(=C/c2ccccc2)SC1=Nc1cccc(C(=O)[O-])c1. The van der Waals surface area contributed by atoms with Gasteiger partial charge in [0, 0.05) is 6.54 Å². The molecular weight excluding hydrogens is 336 g/mol. The molecule has 0 aliphatic carbocycles. The van der Waals surface area contributed by atoms with E-state index in [0.29, 0.717) is 22.3 Å². The zero-order valence-electron chi connectivity index (χ0n) is 13.5. The van der Waals surface area contributed by atoms with Gasteiger partial charge in [0.1, 0.15) is 0 Å². The van der Waals surface area contributed by atoms with Crippen LogP contribution in [-0.4, -0.2) is 28.5 Å². The van der Waals surface area contributed by atoms with Gasteiger partial charge in [0.2, 0.25) is 0 Å². The Morgan fingerprint density at radius 2 is 1.96 bits per heavy atom. The lowest BCUT2D eigenvalue weighted by molar-refractivity contribution is -0.255. The minimum atomic E-state index is -1.26. The monoisotopic (exact) mass is 351 g/mol. The molecule has 0 radical (unpaired) electrons. The average Bonchev–Trinajstić information content (AvgIpc) is 2.90. The first-order valence-electron chi connectivity index (χ1n) is 7.75. The fourth-order valence-corrected chi connectivity index (χ4v) is 3.45. The normalized spacial score (nSPS) is 17.5. The fourth-order valence-electron chi connectivity index (χ4n) is 2.38. The van der Waals surface area contributed by atoms with Gasteiger partial charge >= 0.3 is 0 Å². The second kappa shape index (κ2) is 7.36. The predicted octanol–water partition coefficient (Wildman–Crippen LogP) is 2.67. The Hall–Kier alpha value is -2.86. The lowest BCUT2D eigenvalue weighted by atomic mass is 10.2. The van der Waals surface area contributed by atoms with Crippen LogP contribution in [0.1, 0.15) is 22.8 Å². The number of carboxylic acid groups (broad SMARTS) is 1. The second-order valence-corrected chi connectivity index (χ2v) is 6.31. The molecule has 126 valence electrons. The summed E-state index contributed by atoms with van der Waals surface area (Å²) in [5.41, 5.74) is 1.46. The third kappa shape index (κ3) is 3.80. The van der Waals surface area contributed by atoms with Gasteiger partial charge in [-0.25, -0.2) is 4.99 Å². The third-order valence-electron chi connectivity index (χ3n) is 3.61. The molecule has 2 aromatic rings. The average molecular weight is 351 g/mol. The Kier molecular flexibility index (Phi) is 5.00. The maximum absolute atomic E-state index is 12.6. The molecule has 1 fully saturated rings. The maximum Gasteiger partial charge on any atom is 0.266 e. The largest absolute Gasteiger partial charge is 0.545 e. The summed E-state index contributed by atoms with van der Waals surface area (Å²) in [4.78, 5) is 30.2. The van der Waals surface area contributed by atoms with Gasteiger partial charge in [0.05, 0.1) is 16.6 Å². The van der Waals surface area contributed by atoms with Gasteiger partial charge in [-0.3, -0.25) is 9.69 Å². The van der Waals surface area contributed by atoms with Crippen molar-refractivity contribution in [3.05, 3.63) is 70.6 Å². The van der Waals surface area contributed by atoms with Crippen molar-refractivity contribution in [2.24, 2.45) is 4.99 Å². The number of hydrogen-bond donors (Lipinski definition) is 0. The van der Waals surface area contributed by atoms with Gasteiger partial charge < -0.3 is 9.90 Å². The second-order valence-electron chi connectivity index (χ2n) is 5.30. The Balaban J connectivity index is 1.94. The summed E-state index contributed by atoms with van der Waals surface area (Å²) < 4.78 is 0. The van der Waals surface area contributed by atoms with E-state index in [0.717, 1.165) is 5.56 Å². The summed E-state index contributed by atoms with van der Waals surface area (Å²) in [6.07, 6.45) is 1.83. The minimum absolute atomic E-state index is 0.0549. The van der Waals surface area contributed by atoms with Crippen molar-refractivity contribution in [1.82, 2.24) is 4.90 Å². The van der Waals surface area contributed by atoms with Crippen molar-refractivity contribution < 1.29 is 14.7 Å². The molecule has 0 unspecified atom stereocenters. The van der Waals surface area contributed by atoms with Gasteiger partial charge in [-0.15, -0.1) is 0 Å². The molecule has 0 bridgehead atoms. The van der Waals surface area contributed by atoms with E-state index in [1.54, 1.807) is 17.0 Å². The standard InChI is InChI=1S/C19H16N2O3S/c1-2-21-17(22)16(11-13-7-4-3-5-8-13)25-19(21)20-15-10-6-9-14(12-15)18(23)24/h3-12H,2H2,1H3,(H,23,24)/p-1/b16-11-,20-19?. The number of nitrogens with zero attached hydrogens (tertiary/aromatic N) is 2. The number of benzene rings is 2. The van der Waals surface area contributed by atoms with Crippen LogP contribution in [0.4, 0.5) is 5.69 Å². The molecule has 0 atom stereocenters. The van der Waals surface area contributed by atoms with Crippen LogP contribution in [0, 0.1) is 0 Å². The van der Waals surface area contributed by atoms with Crippen LogP contribution in [0.3, 0.4) is 0 Å². The lowest BCUT2D eigenvalue weighted by Gasteiger charge is -2.12. The summed E-state index contributed by atoms with van der Waals surface area (Å²) in [6, 6.07) is 15.8. The number of carboxylic acids is 1. The Bertz CT molecular complexity index is 875. The molecule has 3 rings (SSSR count). The molecular formula is C19H15N2O3S-. The highest BCUT2D eigenvalue weighted by Gasteiger charge is 2.32. The van der Waals surface area contributed by atoms with Crippen LogP contribution < -0.4 is 5.11 Å². The first-order valence-corrected chi connectivity index (χ1v) is 8.56. The van der Waals surface area contributed by atoms with E-state index in [-0.39, 0.29) is 11.5 Å². The fraction of sp³-hybridized carbons (Fsp3) is 0.105.